The summed E-state index contributed by atoms with van der Waals surface area (Å²) in [6.45, 7) is 0. The van der Waals surface area contributed by atoms with E-state index in [9.17, 15) is 0 Å². The molecule has 0 fully saturated rings. The van der Waals surface area contributed by atoms with Crippen LogP contribution < -0.4 is 0 Å². The van der Waals surface area contributed by atoms with Crippen LogP contribution in [0.15, 0.2) is 57.5 Å². The first kappa shape index (κ1) is 11.1. The molecule has 0 bridgehead atoms. The highest BCUT2D eigenvalue weighted by Gasteiger charge is 2.07. The normalized spacial score (nSPS) is 10.9. The van der Waals surface area contributed by atoms with E-state index >= 15 is 0 Å². The first-order valence-electron chi connectivity index (χ1n) is 5.28. The van der Waals surface area contributed by atoms with Gasteiger partial charge in [-0.15, -0.1) is 0 Å². The van der Waals surface area contributed by atoms with Crippen molar-refractivity contribution in [3.8, 4) is 11.3 Å². The Labute approximate surface area is 116 Å². The van der Waals surface area contributed by atoms with E-state index in [0.717, 1.165) is 20.2 Å². The van der Waals surface area contributed by atoms with Crippen LogP contribution in [0.25, 0.3) is 22.2 Å². The summed E-state index contributed by atoms with van der Waals surface area (Å²) in [4.78, 5) is 3.44. The van der Waals surface area contributed by atoms with E-state index in [2.05, 4.69) is 61.1 Å². The number of para-hydroxylation sites is 1. The van der Waals surface area contributed by atoms with E-state index in [1.165, 1.54) is 10.9 Å². The van der Waals surface area contributed by atoms with Crippen LogP contribution in [0.1, 0.15) is 0 Å². The minimum Gasteiger partial charge on any atom is -0.354 e. The maximum atomic E-state index is 3.58. The third kappa shape index (κ3) is 1.94. The lowest BCUT2D eigenvalue weighted by molar-refractivity contribution is 1.43. The predicted octanol–water partition coefficient (Wildman–Crippen LogP) is 5.36. The SMILES string of the molecule is Brc1ccccc1-c1cc2cccc(Br)c2[nH]1. The Balaban J connectivity index is 2.26. The molecule has 0 saturated carbocycles. The van der Waals surface area contributed by atoms with Gasteiger partial charge in [0.15, 0.2) is 0 Å². The Bertz CT molecular complexity index is 686. The van der Waals surface area contributed by atoms with Gasteiger partial charge in [-0.2, -0.15) is 0 Å². The molecule has 1 nitrogen and oxygen atoms in total. The van der Waals surface area contributed by atoms with Gasteiger partial charge in [0.05, 0.1) is 5.52 Å². The molecular weight excluding hydrogens is 342 g/mol. The van der Waals surface area contributed by atoms with E-state index in [4.69, 9.17) is 0 Å². The summed E-state index contributed by atoms with van der Waals surface area (Å²) >= 11 is 7.14. The molecule has 0 saturated heterocycles. The van der Waals surface area contributed by atoms with Crippen molar-refractivity contribution in [3.63, 3.8) is 0 Å². The topological polar surface area (TPSA) is 15.8 Å². The highest BCUT2D eigenvalue weighted by atomic mass is 79.9. The summed E-state index contributed by atoms with van der Waals surface area (Å²) in [7, 11) is 0. The van der Waals surface area contributed by atoms with Crippen molar-refractivity contribution in [2.75, 3.05) is 0 Å². The van der Waals surface area contributed by atoms with Crippen LogP contribution in [-0.2, 0) is 0 Å². The lowest BCUT2D eigenvalue weighted by atomic mass is 10.1. The average molecular weight is 351 g/mol. The van der Waals surface area contributed by atoms with Crippen LogP contribution in [0, 0.1) is 0 Å². The molecule has 0 aliphatic heterocycles. The highest BCUT2D eigenvalue weighted by Crippen LogP contribution is 2.32. The van der Waals surface area contributed by atoms with Crippen LogP contribution in [0.2, 0.25) is 0 Å². The van der Waals surface area contributed by atoms with Gasteiger partial charge in [0.2, 0.25) is 0 Å². The van der Waals surface area contributed by atoms with Crippen molar-refractivity contribution in [3.05, 3.63) is 57.5 Å². The molecule has 0 aliphatic rings. The van der Waals surface area contributed by atoms with Crippen molar-refractivity contribution in [1.82, 2.24) is 4.98 Å². The summed E-state index contributed by atoms with van der Waals surface area (Å²) in [5.74, 6) is 0. The number of aromatic amines is 1. The molecule has 1 heterocycles. The summed E-state index contributed by atoms with van der Waals surface area (Å²) < 4.78 is 2.19. The lowest BCUT2D eigenvalue weighted by Gasteiger charge is -2.00. The summed E-state index contributed by atoms with van der Waals surface area (Å²) in [6, 6.07) is 16.6. The summed E-state index contributed by atoms with van der Waals surface area (Å²) in [6.07, 6.45) is 0. The van der Waals surface area contributed by atoms with E-state index in [0.29, 0.717) is 0 Å². The maximum absolute atomic E-state index is 3.58. The van der Waals surface area contributed by atoms with Gasteiger partial charge < -0.3 is 4.98 Å². The second kappa shape index (κ2) is 4.31. The molecule has 1 N–H and O–H groups in total. The molecule has 1 aromatic heterocycles. The van der Waals surface area contributed by atoms with Crippen LogP contribution in [0.4, 0.5) is 0 Å². The Morgan fingerprint density at radius 1 is 0.824 bits per heavy atom. The van der Waals surface area contributed by atoms with Gasteiger partial charge in [-0.05, 0) is 34.1 Å². The molecular formula is C14H9Br2N. The molecule has 0 amide bonds. The molecule has 3 rings (SSSR count). The number of halogens is 2. The zero-order valence-corrected chi connectivity index (χ0v) is 12.0. The predicted molar refractivity (Wildman–Crippen MR) is 79.1 cm³/mol. The van der Waals surface area contributed by atoms with Crippen molar-refractivity contribution < 1.29 is 0 Å². The first-order chi connectivity index (χ1) is 8.25. The van der Waals surface area contributed by atoms with Crippen molar-refractivity contribution in [1.29, 1.82) is 0 Å². The van der Waals surface area contributed by atoms with Gasteiger partial charge in [-0.3, -0.25) is 0 Å². The average Bonchev–Trinajstić information content (AvgIpc) is 2.75. The molecule has 0 spiro atoms. The number of aromatic nitrogens is 1. The third-order valence-electron chi connectivity index (χ3n) is 2.77. The summed E-state index contributed by atoms with van der Waals surface area (Å²) in [5.41, 5.74) is 3.44. The van der Waals surface area contributed by atoms with Crippen molar-refractivity contribution >= 4 is 42.8 Å². The third-order valence-corrected chi connectivity index (χ3v) is 4.12. The molecule has 0 radical (unpaired) electrons. The zero-order valence-electron chi connectivity index (χ0n) is 8.87. The quantitative estimate of drug-likeness (QED) is 0.608. The molecule has 17 heavy (non-hydrogen) atoms. The molecule has 84 valence electrons. The maximum Gasteiger partial charge on any atom is 0.0603 e. The number of H-pyrrole nitrogens is 1. The molecule has 0 aliphatic carbocycles. The summed E-state index contributed by atoms with van der Waals surface area (Å²) in [5, 5.41) is 1.21. The van der Waals surface area contributed by atoms with Crippen molar-refractivity contribution in [2.24, 2.45) is 0 Å². The first-order valence-corrected chi connectivity index (χ1v) is 6.86. The number of nitrogens with one attached hydrogen (secondary N) is 1. The lowest BCUT2D eigenvalue weighted by Crippen LogP contribution is -1.78. The Hall–Kier alpha value is -1.06. The van der Waals surface area contributed by atoms with Crippen LogP contribution in [0.5, 0.6) is 0 Å². The van der Waals surface area contributed by atoms with Crippen molar-refractivity contribution in [2.45, 2.75) is 0 Å². The Kier molecular flexibility index (Phi) is 2.81. The van der Waals surface area contributed by atoms with Gasteiger partial charge in [0.25, 0.3) is 0 Å². The van der Waals surface area contributed by atoms with Crippen LogP contribution >= 0.6 is 31.9 Å². The number of fused-ring (bicyclic) bond motifs is 1. The molecule has 3 aromatic rings. The van der Waals surface area contributed by atoms with E-state index in [1.807, 2.05) is 24.3 Å². The molecule has 3 heteroatoms. The molecule has 2 aromatic carbocycles. The fourth-order valence-electron chi connectivity index (χ4n) is 1.94. The largest absolute Gasteiger partial charge is 0.354 e. The number of hydrogen-bond acceptors (Lipinski definition) is 0. The van der Waals surface area contributed by atoms with E-state index in [-0.39, 0.29) is 0 Å². The zero-order chi connectivity index (χ0) is 11.8. The van der Waals surface area contributed by atoms with Gasteiger partial charge in [-0.25, -0.2) is 0 Å². The fraction of sp³-hybridized carbons (Fsp3) is 0. The van der Waals surface area contributed by atoms with E-state index in [1.54, 1.807) is 0 Å². The van der Waals surface area contributed by atoms with Crippen LogP contribution in [0.3, 0.4) is 0 Å². The molecule has 0 unspecified atom stereocenters. The van der Waals surface area contributed by atoms with Gasteiger partial charge >= 0.3 is 0 Å². The minimum atomic E-state index is 1.09. The number of hydrogen-bond donors (Lipinski definition) is 1. The smallest absolute Gasteiger partial charge is 0.0603 e. The second-order valence-corrected chi connectivity index (χ2v) is 5.58. The van der Waals surface area contributed by atoms with Gasteiger partial charge in [0.1, 0.15) is 0 Å². The standard InChI is InChI=1S/C14H9Br2N/c15-11-6-2-1-5-10(11)13-8-9-4-3-7-12(16)14(9)17-13/h1-8,17H. The Morgan fingerprint density at radius 2 is 1.59 bits per heavy atom. The van der Waals surface area contributed by atoms with Crippen LogP contribution in [-0.4, -0.2) is 4.98 Å². The second-order valence-electron chi connectivity index (χ2n) is 3.87. The van der Waals surface area contributed by atoms with Gasteiger partial charge in [-0.1, -0.05) is 46.3 Å². The van der Waals surface area contributed by atoms with Gasteiger partial charge in [0, 0.05) is 25.6 Å². The highest BCUT2D eigenvalue weighted by molar-refractivity contribution is 9.11. The number of rotatable bonds is 1. The fourth-order valence-corrected chi connectivity index (χ4v) is 2.92. The number of benzene rings is 2. The van der Waals surface area contributed by atoms with E-state index < -0.39 is 0 Å². The monoisotopic (exact) mass is 349 g/mol. The molecule has 0 atom stereocenters. The minimum absolute atomic E-state index is 1.09. The Morgan fingerprint density at radius 3 is 2.35 bits per heavy atom.